The molecule has 7 nitrogen and oxygen atoms in total. The average molecular weight is 362 g/mol. The topological polar surface area (TPSA) is 88.9 Å². The Bertz CT molecular complexity index is 1020. The van der Waals surface area contributed by atoms with Crippen molar-refractivity contribution in [2.45, 2.75) is 0 Å². The number of carbonyl (C=O) groups is 3. The zero-order valence-corrected chi connectivity index (χ0v) is 14.3. The highest BCUT2D eigenvalue weighted by molar-refractivity contribution is 6.34. The summed E-state index contributed by atoms with van der Waals surface area (Å²) in [7, 11) is 1.46. The van der Waals surface area contributed by atoms with Gasteiger partial charge in [0.25, 0.3) is 17.7 Å². The van der Waals surface area contributed by atoms with Crippen LogP contribution in [0.25, 0.3) is 0 Å². The average Bonchev–Trinajstić information content (AvgIpc) is 3.30. The lowest BCUT2D eigenvalue weighted by atomic mass is 10.1. The van der Waals surface area contributed by atoms with Crippen LogP contribution in [0.3, 0.4) is 0 Å². The molecule has 0 bridgehead atoms. The van der Waals surface area contributed by atoms with Crippen LogP contribution in [0.1, 0.15) is 31.3 Å². The van der Waals surface area contributed by atoms with E-state index >= 15 is 0 Å². The maximum Gasteiger partial charge on any atom is 0.291 e. The fourth-order valence-electron chi connectivity index (χ4n) is 2.95. The number of nitrogens with one attached hydrogen (secondary N) is 1. The van der Waals surface area contributed by atoms with E-state index in [-0.39, 0.29) is 5.76 Å². The number of anilines is 2. The summed E-state index contributed by atoms with van der Waals surface area (Å²) in [5.41, 5.74) is 1.34. The molecule has 0 radical (unpaired) electrons. The van der Waals surface area contributed by atoms with Gasteiger partial charge in [-0.25, -0.2) is 4.90 Å². The summed E-state index contributed by atoms with van der Waals surface area (Å²) < 4.78 is 10.3. The Morgan fingerprint density at radius 1 is 1.00 bits per heavy atom. The third-order valence-corrected chi connectivity index (χ3v) is 4.23. The zero-order chi connectivity index (χ0) is 19.0. The summed E-state index contributed by atoms with van der Waals surface area (Å²) in [4.78, 5) is 38.7. The third kappa shape index (κ3) is 2.75. The molecule has 0 saturated carbocycles. The lowest BCUT2D eigenvalue weighted by Crippen LogP contribution is -2.29. The van der Waals surface area contributed by atoms with Crippen LogP contribution in [0, 0.1) is 0 Å². The van der Waals surface area contributed by atoms with E-state index in [9.17, 15) is 14.4 Å². The maximum absolute atomic E-state index is 12.7. The fraction of sp³-hybridized carbons (Fsp3) is 0.0500. The van der Waals surface area contributed by atoms with Gasteiger partial charge in [0.05, 0.1) is 35.9 Å². The number of benzene rings is 2. The molecule has 0 fully saturated rings. The zero-order valence-electron chi connectivity index (χ0n) is 14.3. The van der Waals surface area contributed by atoms with Crippen LogP contribution in [-0.2, 0) is 0 Å². The molecular weight excluding hydrogens is 348 g/mol. The molecule has 3 aromatic rings. The number of hydrogen-bond acceptors (Lipinski definition) is 5. The first kappa shape index (κ1) is 16.6. The maximum atomic E-state index is 12.7. The number of ether oxygens (including phenoxy) is 1. The summed E-state index contributed by atoms with van der Waals surface area (Å²) in [6.45, 7) is 0. The minimum atomic E-state index is -0.474. The molecule has 0 atom stereocenters. The summed E-state index contributed by atoms with van der Waals surface area (Å²) in [6.07, 6.45) is 1.39. The second-order valence-electron chi connectivity index (χ2n) is 5.81. The first-order valence-electron chi connectivity index (χ1n) is 8.11. The van der Waals surface area contributed by atoms with Crippen LogP contribution in [-0.4, -0.2) is 24.8 Å². The van der Waals surface area contributed by atoms with Crippen LogP contribution in [0.2, 0.25) is 0 Å². The Morgan fingerprint density at radius 2 is 1.70 bits per heavy atom. The van der Waals surface area contributed by atoms with Gasteiger partial charge in [-0.15, -0.1) is 0 Å². The standard InChI is InChI=1S/C20H14N2O5/c1-26-16-9-8-12(11-15(16)21-18(23)17-7-4-10-27-17)22-19(24)13-5-2-3-6-14(13)20(22)25/h2-11H,1H3,(H,21,23). The molecule has 2 heterocycles. The first-order valence-corrected chi connectivity index (χ1v) is 8.11. The van der Waals surface area contributed by atoms with E-state index < -0.39 is 17.7 Å². The number of methoxy groups -OCH3 is 1. The van der Waals surface area contributed by atoms with Gasteiger partial charge in [0.15, 0.2) is 5.76 Å². The minimum Gasteiger partial charge on any atom is -0.495 e. The van der Waals surface area contributed by atoms with Crippen LogP contribution >= 0.6 is 0 Å². The van der Waals surface area contributed by atoms with Crippen molar-refractivity contribution in [1.29, 1.82) is 0 Å². The molecule has 2 aromatic carbocycles. The van der Waals surface area contributed by atoms with Gasteiger partial charge in [-0.3, -0.25) is 14.4 Å². The van der Waals surface area contributed by atoms with E-state index in [0.29, 0.717) is 28.3 Å². The fourth-order valence-corrected chi connectivity index (χ4v) is 2.95. The predicted molar refractivity (Wildman–Crippen MR) is 97.2 cm³/mol. The Hall–Kier alpha value is -3.87. The van der Waals surface area contributed by atoms with Crippen molar-refractivity contribution in [2.75, 3.05) is 17.3 Å². The molecule has 0 spiro atoms. The highest BCUT2D eigenvalue weighted by Crippen LogP contribution is 2.34. The number of nitrogens with zero attached hydrogens (tertiary/aromatic N) is 1. The second kappa shape index (κ2) is 6.45. The first-order chi connectivity index (χ1) is 13.1. The second-order valence-corrected chi connectivity index (χ2v) is 5.81. The highest BCUT2D eigenvalue weighted by Gasteiger charge is 2.36. The molecule has 0 saturated heterocycles. The summed E-state index contributed by atoms with van der Waals surface area (Å²) in [5, 5.41) is 2.67. The van der Waals surface area contributed by atoms with Crippen molar-refractivity contribution < 1.29 is 23.5 Å². The Balaban J connectivity index is 1.70. The van der Waals surface area contributed by atoms with Gasteiger partial charge in [-0.2, -0.15) is 0 Å². The molecule has 1 N–H and O–H groups in total. The van der Waals surface area contributed by atoms with E-state index in [1.54, 1.807) is 42.5 Å². The number of rotatable bonds is 4. The number of carbonyl (C=O) groups excluding carboxylic acids is 3. The van der Waals surface area contributed by atoms with Crippen LogP contribution < -0.4 is 15.0 Å². The number of hydrogen-bond donors (Lipinski definition) is 1. The molecule has 134 valence electrons. The molecule has 1 aromatic heterocycles. The van der Waals surface area contributed by atoms with E-state index in [2.05, 4.69) is 5.32 Å². The van der Waals surface area contributed by atoms with Crippen LogP contribution in [0.4, 0.5) is 11.4 Å². The number of furan rings is 1. The number of fused-ring (bicyclic) bond motifs is 1. The van der Waals surface area contributed by atoms with E-state index in [1.165, 1.54) is 25.5 Å². The molecule has 1 aliphatic heterocycles. The van der Waals surface area contributed by atoms with E-state index in [1.807, 2.05) is 0 Å². The van der Waals surface area contributed by atoms with Gasteiger partial charge in [-0.05, 0) is 42.5 Å². The number of imide groups is 1. The van der Waals surface area contributed by atoms with Crippen molar-refractivity contribution in [3.05, 3.63) is 77.7 Å². The van der Waals surface area contributed by atoms with Gasteiger partial charge in [0.1, 0.15) is 5.75 Å². The molecule has 0 unspecified atom stereocenters. The molecule has 3 amide bonds. The van der Waals surface area contributed by atoms with Crippen molar-refractivity contribution >= 4 is 29.1 Å². The quantitative estimate of drug-likeness (QED) is 0.719. The van der Waals surface area contributed by atoms with Crippen molar-refractivity contribution in [2.24, 2.45) is 0 Å². The normalized spacial score (nSPS) is 12.9. The molecule has 27 heavy (non-hydrogen) atoms. The molecule has 4 rings (SSSR count). The predicted octanol–water partition coefficient (Wildman–Crippen LogP) is 3.34. The molecule has 0 aliphatic carbocycles. The van der Waals surface area contributed by atoms with Crippen molar-refractivity contribution in [3.8, 4) is 5.75 Å². The molecular formula is C20H14N2O5. The van der Waals surface area contributed by atoms with Crippen LogP contribution in [0.5, 0.6) is 5.75 Å². The molecule has 1 aliphatic rings. The van der Waals surface area contributed by atoms with Gasteiger partial charge >= 0.3 is 0 Å². The third-order valence-electron chi connectivity index (χ3n) is 4.23. The Kier molecular flexibility index (Phi) is 3.97. The Labute approximate surface area is 154 Å². The van der Waals surface area contributed by atoms with Crippen molar-refractivity contribution in [3.63, 3.8) is 0 Å². The summed E-state index contributed by atoms with van der Waals surface area (Å²) >= 11 is 0. The van der Waals surface area contributed by atoms with Gasteiger partial charge in [-0.1, -0.05) is 12.1 Å². The van der Waals surface area contributed by atoms with Gasteiger partial charge < -0.3 is 14.5 Å². The number of amides is 3. The van der Waals surface area contributed by atoms with E-state index in [0.717, 1.165) is 4.90 Å². The lowest BCUT2D eigenvalue weighted by Gasteiger charge is -2.17. The van der Waals surface area contributed by atoms with Crippen LogP contribution in [0.15, 0.2) is 65.3 Å². The largest absolute Gasteiger partial charge is 0.495 e. The SMILES string of the molecule is COc1ccc(N2C(=O)c3ccccc3C2=O)cc1NC(=O)c1ccco1. The monoisotopic (exact) mass is 362 g/mol. The highest BCUT2D eigenvalue weighted by atomic mass is 16.5. The van der Waals surface area contributed by atoms with Gasteiger partial charge in [0, 0.05) is 0 Å². The van der Waals surface area contributed by atoms with Gasteiger partial charge in [0.2, 0.25) is 0 Å². The summed E-state index contributed by atoms with van der Waals surface area (Å²) in [5.74, 6) is -0.788. The Morgan fingerprint density at radius 3 is 2.30 bits per heavy atom. The minimum absolute atomic E-state index is 0.128. The summed E-state index contributed by atoms with van der Waals surface area (Å²) in [6, 6.07) is 14.4. The lowest BCUT2D eigenvalue weighted by molar-refractivity contribution is 0.0925. The smallest absolute Gasteiger partial charge is 0.291 e. The molecule has 7 heteroatoms. The van der Waals surface area contributed by atoms with Crippen molar-refractivity contribution in [1.82, 2.24) is 0 Å². The van der Waals surface area contributed by atoms with E-state index in [4.69, 9.17) is 9.15 Å².